The first kappa shape index (κ1) is 21.0. The lowest BCUT2D eigenvalue weighted by atomic mass is 9.99. The topological polar surface area (TPSA) is 66.8 Å². The third kappa shape index (κ3) is 5.47. The van der Waals surface area contributed by atoms with E-state index in [2.05, 4.69) is 27.1 Å². The number of hydrogen-bond donors (Lipinski definition) is 1. The molecule has 2 atom stereocenters. The van der Waals surface area contributed by atoms with Crippen molar-refractivity contribution in [3.63, 3.8) is 0 Å². The second-order valence-electron chi connectivity index (χ2n) is 5.73. The van der Waals surface area contributed by atoms with Gasteiger partial charge < -0.3 is 15.0 Å². The molecule has 1 saturated heterocycles. The number of rotatable bonds is 4. The number of nitrogens with zero attached hydrogens (tertiary/aromatic N) is 3. The third-order valence-corrected chi connectivity index (χ3v) is 4.34. The van der Waals surface area contributed by atoms with Crippen LogP contribution in [0.3, 0.4) is 0 Å². The Bertz CT molecular complexity index is 568. The Labute approximate surface area is 165 Å². The average molecular weight is 467 g/mol. The number of esters is 1. The maximum absolute atomic E-state index is 11.8. The van der Waals surface area contributed by atoms with E-state index in [1.807, 2.05) is 6.07 Å². The average Bonchev–Trinajstić information content (AvgIpc) is 2.94. The van der Waals surface area contributed by atoms with Gasteiger partial charge in [-0.05, 0) is 24.0 Å². The largest absolute Gasteiger partial charge is 0.469 e. The molecule has 0 spiro atoms. The summed E-state index contributed by atoms with van der Waals surface area (Å²) in [6.45, 7) is 4.23. The number of guanidine groups is 1. The second kappa shape index (κ2) is 10.0. The van der Waals surface area contributed by atoms with Gasteiger partial charge in [-0.15, -0.1) is 24.0 Å². The van der Waals surface area contributed by atoms with Crippen LogP contribution in [0.25, 0.3) is 0 Å². The molecule has 1 aliphatic rings. The Balaban J connectivity index is 0.00000288. The minimum Gasteiger partial charge on any atom is -0.469 e. The number of ether oxygens (including phenoxy) is 1. The summed E-state index contributed by atoms with van der Waals surface area (Å²) in [5.74, 6) is 0.813. The van der Waals surface area contributed by atoms with Gasteiger partial charge in [0.2, 0.25) is 0 Å². The van der Waals surface area contributed by atoms with Crippen LogP contribution >= 0.6 is 35.6 Å². The van der Waals surface area contributed by atoms with E-state index in [9.17, 15) is 4.79 Å². The highest BCUT2D eigenvalue weighted by Crippen LogP contribution is 2.24. The lowest BCUT2D eigenvalue weighted by Gasteiger charge is -2.21. The highest BCUT2D eigenvalue weighted by molar-refractivity contribution is 14.0. The van der Waals surface area contributed by atoms with E-state index in [1.165, 1.54) is 7.11 Å². The predicted molar refractivity (Wildman–Crippen MR) is 106 cm³/mol. The maximum Gasteiger partial charge on any atom is 0.310 e. The monoisotopic (exact) mass is 466 g/mol. The fraction of sp³-hybridized carbons (Fsp3) is 0.562. The molecule has 0 aromatic carbocycles. The lowest BCUT2D eigenvalue weighted by Crippen LogP contribution is -2.41. The zero-order valence-electron chi connectivity index (χ0n) is 14.2. The van der Waals surface area contributed by atoms with Crippen LogP contribution in [0.2, 0.25) is 5.15 Å². The summed E-state index contributed by atoms with van der Waals surface area (Å²) in [7, 11) is 3.19. The molecule has 2 heterocycles. The number of halogens is 2. The Morgan fingerprint density at radius 1 is 1.50 bits per heavy atom. The Morgan fingerprint density at radius 3 is 2.83 bits per heavy atom. The van der Waals surface area contributed by atoms with Crippen molar-refractivity contribution in [1.29, 1.82) is 0 Å². The van der Waals surface area contributed by atoms with Crippen molar-refractivity contribution in [2.75, 3.05) is 33.8 Å². The summed E-state index contributed by atoms with van der Waals surface area (Å²) >= 11 is 5.78. The summed E-state index contributed by atoms with van der Waals surface area (Å²) in [5.41, 5.74) is 1.11. The molecule has 2 rings (SSSR count). The van der Waals surface area contributed by atoms with Gasteiger partial charge in [0.15, 0.2) is 5.96 Å². The smallest absolute Gasteiger partial charge is 0.310 e. The maximum atomic E-state index is 11.8. The van der Waals surface area contributed by atoms with Gasteiger partial charge in [0, 0.05) is 32.9 Å². The summed E-state index contributed by atoms with van der Waals surface area (Å²) in [6.07, 6.45) is 2.60. The first-order valence-corrected chi connectivity index (χ1v) is 8.06. The summed E-state index contributed by atoms with van der Waals surface area (Å²) < 4.78 is 4.87. The first-order valence-electron chi connectivity index (χ1n) is 7.69. The van der Waals surface area contributed by atoms with E-state index in [0.717, 1.165) is 31.0 Å². The molecule has 134 valence electrons. The SMILES string of the molecule is CN=C(NCCc1ccc(Cl)nc1)N1CC(C)C(C(=O)OC)C1.I. The van der Waals surface area contributed by atoms with Crippen LogP contribution in [0.15, 0.2) is 23.3 Å². The molecule has 0 radical (unpaired) electrons. The van der Waals surface area contributed by atoms with E-state index in [4.69, 9.17) is 16.3 Å². The predicted octanol–water partition coefficient (Wildman–Crippen LogP) is 2.21. The van der Waals surface area contributed by atoms with Gasteiger partial charge in [-0.3, -0.25) is 9.79 Å². The van der Waals surface area contributed by atoms with Crippen LogP contribution < -0.4 is 5.32 Å². The lowest BCUT2D eigenvalue weighted by molar-refractivity contribution is -0.145. The minimum atomic E-state index is -0.150. The van der Waals surface area contributed by atoms with Crippen molar-refractivity contribution in [3.8, 4) is 0 Å². The molecule has 8 heteroatoms. The van der Waals surface area contributed by atoms with Crippen molar-refractivity contribution in [1.82, 2.24) is 15.2 Å². The zero-order valence-corrected chi connectivity index (χ0v) is 17.2. The van der Waals surface area contributed by atoms with Crippen LogP contribution in [0.4, 0.5) is 0 Å². The fourth-order valence-electron chi connectivity index (χ4n) is 2.80. The standard InChI is InChI=1S/C16H23ClN4O2.HI/c1-11-9-21(10-13(11)15(22)23-3)16(18-2)19-7-6-12-4-5-14(17)20-8-12;/h4-5,8,11,13H,6-7,9-10H2,1-3H3,(H,18,19);1H. The van der Waals surface area contributed by atoms with Crippen molar-refractivity contribution in [3.05, 3.63) is 29.0 Å². The van der Waals surface area contributed by atoms with Crippen molar-refractivity contribution in [2.45, 2.75) is 13.3 Å². The van der Waals surface area contributed by atoms with Gasteiger partial charge in [0.05, 0.1) is 13.0 Å². The molecule has 0 bridgehead atoms. The molecule has 24 heavy (non-hydrogen) atoms. The number of aliphatic imine (C=N–C) groups is 1. The molecule has 0 aliphatic carbocycles. The van der Waals surface area contributed by atoms with Crippen LogP contribution in [-0.4, -0.2) is 55.6 Å². The van der Waals surface area contributed by atoms with Crippen molar-refractivity contribution >= 4 is 47.5 Å². The minimum absolute atomic E-state index is 0. The van der Waals surface area contributed by atoms with E-state index < -0.39 is 0 Å². The van der Waals surface area contributed by atoms with Gasteiger partial charge in [-0.2, -0.15) is 0 Å². The number of methoxy groups -OCH3 is 1. The molecule has 1 fully saturated rings. The normalized spacial score (nSPS) is 20.5. The molecule has 1 N–H and O–H groups in total. The van der Waals surface area contributed by atoms with E-state index in [-0.39, 0.29) is 41.8 Å². The van der Waals surface area contributed by atoms with Gasteiger partial charge >= 0.3 is 5.97 Å². The molecule has 6 nitrogen and oxygen atoms in total. The highest BCUT2D eigenvalue weighted by Gasteiger charge is 2.36. The first-order chi connectivity index (χ1) is 11.0. The van der Waals surface area contributed by atoms with Crippen LogP contribution in [0, 0.1) is 11.8 Å². The molecule has 1 aromatic heterocycles. The quantitative estimate of drug-likeness (QED) is 0.242. The third-order valence-electron chi connectivity index (χ3n) is 4.11. The fourth-order valence-corrected chi connectivity index (χ4v) is 2.91. The number of hydrogen-bond acceptors (Lipinski definition) is 4. The number of carbonyl (C=O) groups excluding carboxylic acids is 1. The van der Waals surface area contributed by atoms with Crippen LogP contribution in [0.5, 0.6) is 0 Å². The zero-order chi connectivity index (χ0) is 16.8. The number of likely N-dealkylation sites (tertiary alicyclic amines) is 1. The van der Waals surface area contributed by atoms with Crippen molar-refractivity contribution in [2.24, 2.45) is 16.8 Å². The molecule has 2 unspecified atom stereocenters. The van der Waals surface area contributed by atoms with Gasteiger partial charge in [-0.25, -0.2) is 4.98 Å². The highest BCUT2D eigenvalue weighted by atomic mass is 127. The van der Waals surface area contributed by atoms with Gasteiger partial charge in [0.25, 0.3) is 0 Å². The molecular weight excluding hydrogens is 443 g/mol. The summed E-state index contributed by atoms with van der Waals surface area (Å²) in [5, 5.41) is 3.83. The summed E-state index contributed by atoms with van der Waals surface area (Å²) in [4.78, 5) is 22.3. The summed E-state index contributed by atoms with van der Waals surface area (Å²) in [6, 6.07) is 3.75. The molecule has 1 aliphatic heterocycles. The Kier molecular flexibility index (Phi) is 8.75. The van der Waals surface area contributed by atoms with Crippen LogP contribution in [-0.2, 0) is 16.0 Å². The van der Waals surface area contributed by atoms with E-state index in [1.54, 1.807) is 19.3 Å². The van der Waals surface area contributed by atoms with Crippen molar-refractivity contribution < 1.29 is 9.53 Å². The Morgan fingerprint density at radius 2 is 2.25 bits per heavy atom. The van der Waals surface area contributed by atoms with E-state index in [0.29, 0.717) is 11.7 Å². The molecule has 1 aromatic rings. The number of nitrogens with one attached hydrogen (secondary N) is 1. The molecule has 0 saturated carbocycles. The number of carbonyl (C=O) groups is 1. The van der Waals surface area contributed by atoms with Crippen LogP contribution in [0.1, 0.15) is 12.5 Å². The van der Waals surface area contributed by atoms with Gasteiger partial charge in [-0.1, -0.05) is 24.6 Å². The molecule has 0 amide bonds. The Hall–Kier alpha value is -1.09. The number of aromatic nitrogens is 1. The number of pyridine rings is 1. The molecular formula is C16H24ClIN4O2. The second-order valence-corrected chi connectivity index (χ2v) is 6.11. The van der Waals surface area contributed by atoms with Gasteiger partial charge in [0.1, 0.15) is 5.15 Å². The van der Waals surface area contributed by atoms with E-state index >= 15 is 0 Å².